The molecule has 2 aromatic carbocycles. The number of aromatic nitrogens is 2. The minimum absolute atomic E-state index is 0.115. The number of rotatable bonds is 6. The number of nitrogens with zero attached hydrogens (tertiary/aromatic N) is 4. The van der Waals surface area contributed by atoms with Crippen LogP contribution in [0.25, 0.3) is 10.9 Å². The van der Waals surface area contributed by atoms with Crippen LogP contribution in [0.3, 0.4) is 0 Å². The standard InChI is InChI=1S/C29H35N5O3/c1-33-13-14-34(17-28(33)35)20-9-11-21(12-10-20)37-27-15-23-25(16-26(27)36-2)30-18-31-29(23)32-24-8-4-6-19-5-3-7-22(19)24/h4,6,8,15-16,18,20-21H,3,5,7,9-14,17H2,1-2H3,(H,30,31,32). The maximum Gasteiger partial charge on any atom is 0.236 e. The number of hydrogen-bond donors (Lipinski definition) is 1. The third-order valence-electron chi connectivity index (χ3n) is 8.26. The highest BCUT2D eigenvalue weighted by atomic mass is 16.5. The van der Waals surface area contributed by atoms with Gasteiger partial charge in [-0.25, -0.2) is 9.97 Å². The third-order valence-corrected chi connectivity index (χ3v) is 8.26. The first-order valence-electron chi connectivity index (χ1n) is 13.4. The van der Waals surface area contributed by atoms with E-state index < -0.39 is 0 Å². The monoisotopic (exact) mass is 501 g/mol. The van der Waals surface area contributed by atoms with Crippen molar-refractivity contribution in [2.75, 3.05) is 39.1 Å². The molecule has 194 valence electrons. The molecule has 6 rings (SSSR count). The second-order valence-corrected chi connectivity index (χ2v) is 10.5. The van der Waals surface area contributed by atoms with Crippen molar-refractivity contribution in [1.82, 2.24) is 19.8 Å². The maximum atomic E-state index is 12.2. The van der Waals surface area contributed by atoms with Crippen LogP contribution < -0.4 is 14.8 Å². The van der Waals surface area contributed by atoms with Crippen molar-refractivity contribution >= 4 is 28.3 Å². The Labute approximate surface area is 218 Å². The van der Waals surface area contributed by atoms with Crippen molar-refractivity contribution in [3.8, 4) is 11.5 Å². The summed E-state index contributed by atoms with van der Waals surface area (Å²) in [6, 6.07) is 10.9. The number of benzene rings is 2. The maximum absolute atomic E-state index is 12.2. The van der Waals surface area contributed by atoms with Crippen LogP contribution in [0.5, 0.6) is 11.5 Å². The van der Waals surface area contributed by atoms with Crippen molar-refractivity contribution < 1.29 is 14.3 Å². The average Bonchev–Trinajstić information content (AvgIpc) is 3.41. The van der Waals surface area contributed by atoms with Gasteiger partial charge >= 0.3 is 0 Å². The zero-order chi connectivity index (χ0) is 25.4. The summed E-state index contributed by atoms with van der Waals surface area (Å²) in [6.45, 7) is 2.30. The van der Waals surface area contributed by atoms with Gasteiger partial charge in [-0.1, -0.05) is 12.1 Å². The van der Waals surface area contributed by atoms with Crippen molar-refractivity contribution in [2.45, 2.75) is 57.1 Å². The summed E-state index contributed by atoms with van der Waals surface area (Å²) in [6.07, 6.45) is 9.12. The number of aryl methyl sites for hydroxylation is 1. The molecule has 2 aliphatic carbocycles. The number of amides is 1. The molecular weight excluding hydrogens is 466 g/mol. The second-order valence-electron chi connectivity index (χ2n) is 10.5. The van der Waals surface area contributed by atoms with Gasteiger partial charge in [-0.3, -0.25) is 9.69 Å². The number of methoxy groups -OCH3 is 1. The number of likely N-dealkylation sites (N-methyl/N-ethyl adjacent to an activating group) is 1. The van der Waals surface area contributed by atoms with Crippen LogP contribution in [-0.4, -0.2) is 71.6 Å². The Morgan fingerprint density at radius 2 is 1.89 bits per heavy atom. The smallest absolute Gasteiger partial charge is 0.236 e. The lowest BCUT2D eigenvalue weighted by Gasteiger charge is -2.40. The van der Waals surface area contributed by atoms with E-state index >= 15 is 0 Å². The van der Waals surface area contributed by atoms with E-state index in [1.807, 2.05) is 24.1 Å². The van der Waals surface area contributed by atoms with E-state index in [1.54, 1.807) is 13.4 Å². The number of nitrogens with one attached hydrogen (secondary N) is 1. The van der Waals surface area contributed by atoms with Gasteiger partial charge in [-0.2, -0.15) is 0 Å². The van der Waals surface area contributed by atoms with Gasteiger partial charge in [0.05, 0.1) is 25.3 Å². The topological polar surface area (TPSA) is 79.8 Å². The Morgan fingerprint density at radius 1 is 1.03 bits per heavy atom. The molecule has 1 saturated carbocycles. The highest BCUT2D eigenvalue weighted by Crippen LogP contribution is 2.38. The van der Waals surface area contributed by atoms with Gasteiger partial charge in [-0.05, 0) is 68.2 Å². The van der Waals surface area contributed by atoms with Crippen LogP contribution in [0.1, 0.15) is 43.2 Å². The van der Waals surface area contributed by atoms with Gasteiger partial charge in [0, 0.05) is 43.3 Å². The summed E-state index contributed by atoms with van der Waals surface area (Å²) in [4.78, 5) is 25.4. The first kappa shape index (κ1) is 24.0. The van der Waals surface area contributed by atoms with E-state index in [1.165, 1.54) is 17.5 Å². The lowest BCUT2D eigenvalue weighted by atomic mass is 9.91. The number of carbonyl (C=O) groups excluding carboxylic acids is 1. The molecule has 0 spiro atoms. The van der Waals surface area contributed by atoms with E-state index in [4.69, 9.17) is 9.47 Å². The normalized spacial score (nSPS) is 22.2. The first-order valence-corrected chi connectivity index (χ1v) is 13.4. The minimum Gasteiger partial charge on any atom is -0.493 e. The van der Waals surface area contributed by atoms with Crippen LogP contribution in [0, 0.1) is 0 Å². The summed E-state index contributed by atoms with van der Waals surface area (Å²) >= 11 is 0. The van der Waals surface area contributed by atoms with E-state index in [9.17, 15) is 4.79 Å². The Hall–Kier alpha value is -3.39. The lowest BCUT2D eigenvalue weighted by Crippen LogP contribution is -2.53. The molecule has 8 nitrogen and oxygen atoms in total. The quantitative estimate of drug-likeness (QED) is 0.538. The Balaban J connectivity index is 1.20. The molecule has 0 atom stereocenters. The molecule has 2 fully saturated rings. The van der Waals surface area contributed by atoms with Gasteiger partial charge < -0.3 is 19.7 Å². The summed E-state index contributed by atoms with van der Waals surface area (Å²) in [5.74, 6) is 2.41. The van der Waals surface area contributed by atoms with Crippen LogP contribution in [-0.2, 0) is 17.6 Å². The van der Waals surface area contributed by atoms with E-state index in [2.05, 4.69) is 38.4 Å². The molecule has 3 aliphatic rings. The molecule has 3 aromatic rings. The zero-order valence-corrected chi connectivity index (χ0v) is 21.7. The summed E-state index contributed by atoms with van der Waals surface area (Å²) < 4.78 is 12.2. The molecule has 1 aromatic heterocycles. The Morgan fingerprint density at radius 3 is 2.70 bits per heavy atom. The molecule has 0 radical (unpaired) electrons. The van der Waals surface area contributed by atoms with Crippen LogP contribution in [0.2, 0.25) is 0 Å². The summed E-state index contributed by atoms with van der Waals surface area (Å²) in [7, 11) is 3.56. The number of ether oxygens (including phenoxy) is 2. The molecule has 0 bridgehead atoms. The van der Waals surface area contributed by atoms with Gasteiger partial charge in [0.2, 0.25) is 5.91 Å². The highest BCUT2D eigenvalue weighted by Gasteiger charge is 2.31. The molecule has 1 aliphatic heterocycles. The Kier molecular flexibility index (Phi) is 6.59. The van der Waals surface area contributed by atoms with Crippen molar-refractivity contribution in [1.29, 1.82) is 0 Å². The second kappa shape index (κ2) is 10.2. The number of hydrogen-bond acceptors (Lipinski definition) is 7. The van der Waals surface area contributed by atoms with Crippen molar-refractivity contribution in [3.05, 3.63) is 47.8 Å². The van der Waals surface area contributed by atoms with Gasteiger partial charge in [0.15, 0.2) is 11.5 Å². The molecule has 1 saturated heterocycles. The fourth-order valence-corrected chi connectivity index (χ4v) is 6.08. The molecular formula is C29H35N5O3. The number of piperazine rings is 1. The summed E-state index contributed by atoms with van der Waals surface area (Å²) in [5, 5.41) is 4.50. The van der Waals surface area contributed by atoms with Crippen LogP contribution >= 0.6 is 0 Å². The highest BCUT2D eigenvalue weighted by molar-refractivity contribution is 5.93. The SMILES string of the molecule is COc1cc2ncnc(Nc3cccc4c3CCC4)c2cc1OC1CCC(N2CCN(C)C(=O)C2)CC1. The van der Waals surface area contributed by atoms with Gasteiger partial charge in [0.1, 0.15) is 12.1 Å². The largest absolute Gasteiger partial charge is 0.493 e. The zero-order valence-electron chi connectivity index (χ0n) is 21.7. The van der Waals surface area contributed by atoms with Gasteiger partial charge in [-0.15, -0.1) is 0 Å². The van der Waals surface area contributed by atoms with E-state index in [0.717, 1.165) is 79.8 Å². The number of fused-ring (bicyclic) bond motifs is 2. The predicted octanol–water partition coefficient (Wildman–Crippen LogP) is 4.33. The molecule has 1 amide bonds. The fraction of sp³-hybridized carbons (Fsp3) is 0.483. The molecule has 37 heavy (non-hydrogen) atoms. The van der Waals surface area contributed by atoms with E-state index in [-0.39, 0.29) is 12.0 Å². The minimum atomic E-state index is 0.115. The average molecular weight is 502 g/mol. The van der Waals surface area contributed by atoms with Crippen molar-refractivity contribution in [3.63, 3.8) is 0 Å². The molecule has 1 N–H and O–H groups in total. The fourth-order valence-electron chi connectivity index (χ4n) is 6.08. The lowest BCUT2D eigenvalue weighted by molar-refractivity contribution is -0.135. The Bertz CT molecular complexity index is 1300. The number of anilines is 2. The summed E-state index contributed by atoms with van der Waals surface area (Å²) in [5.41, 5.74) is 4.75. The molecule has 8 heteroatoms. The van der Waals surface area contributed by atoms with Crippen LogP contribution in [0.15, 0.2) is 36.7 Å². The molecule has 2 heterocycles. The van der Waals surface area contributed by atoms with E-state index in [0.29, 0.717) is 18.3 Å². The van der Waals surface area contributed by atoms with Gasteiger partial charge in [0.25, 0.3) is 0 Å². The van der Waals surface area contributed by atoms with Crippen LogP contribution in [0.4, 0.5) is 11.5 Å². The van der Waals surface area contributed by atoms with Crippen molar-refractivity contribution in [2.24, 2.45) is 0 Å². The molecule has 0 unspecified atom stereocenters. The third kappa shape index (κ3) is 4.82. The first-order chi connectivity index (χ1) is 18.1. The predicted molar refractivity (Wildman–Crippen MR) is 144 cm³/mol. The number of carbonyl (C=O) groups is 1.